The van der Waals surface area contributed by atoms with Gasteiger partial charge in [0.1, 0.15) is 0 Å². The van der Waals surface area contributed by atoms with E-state index in [9.17, 15) is 9.59 Å². The highest BCUT2D eigenvalue weighted by atomic mass is 16.5. The van der Waals surface area contributed by atoms with Crippen LogP contribution in [0.2, 0.25) is 0 Å². The summed E-state index contributed by atoms with van der Waals surface area (Å²) in [6.45, 7) is 0.600. The third kappa shape index (κ3) is 2.10. The van der Waals surface area contributed by atoms with E-state index in [2.05, 4.69) is 0 Å². The van der Waals surface area contributed by atoms with E-state index in [0.717, 1.165) is 12.2 Å². The number of imide groups is 1. The molecule has 4 atom stereocenters. The molecular formula is C18H19NO4. The Balaban J connectivity index is 1.73. The number of anilines is 1. The zero-order chi connectivity index (χ0) is 16.0. The third-order valence-corrected chi connectivity index (χ3v) is 5.15. The fraction of sp³-hybridized carbons (Fsp3) is 0.444. The maximum atomic E-state index is 13.0. The highest BCUT2D eigenvalue weighted by Gasteiger charge is 2.56. The summed E-state index contributed by atoms with van der Waals surface area (Å²) in [6, 6.07) is 9.14. The van der Waals surface area contributed by atoms with Crippen LogP contribution in [0.25, 0.3) is 0 Å². The van der Waals surface area contributed by atoms with E-state index in [0.29, 0.717) is 18.7 Å². The van der Waals surface area contributed by atoms with Crippen molar-refractivity contribution in [3.8, 4) is 0 Å². The van der Waals surface area contributed by atoms with E-state index < -0.39 is 0 Å². The van der Waals surface area contributed by atoms with Gasteiger partial charge in [0, 0.05) is 13.5 Å². The number of hydrogen-bond donors (Lipinski definition) is 0. The first-order valence-electron chi connectivity index (χ1n) is 8.01. The minimum absolute atomic E-state index is 0.0738. The molecular weight excluding hydrogens is 294 g/mol. The fourth-order valence-corrected chi connectivity index (χ4v) is 4.09. The Hall–Kier alpha value is -2.14. The molecule has 0 spiro atoms. The third-order valence-electron chi connectivity index (χ3n) is 5.15. The lowest BCUT2D eigenvalue weighted by atomic mass is 9.72. The van der Waals surface area contributed by atoms with Crippen LogP contribution in [-0.2, 0) is 19.1 Å². The second kappa shape index (κ2) is 5.49. The Bertz CT molecular complexity index is 669. The van der Waals surface area contributed by atoms with Gasteiger partial charge in [-0.25, -0.2) is 0 Å². The van der Waals surface area contributed by atoms with Crippen molar-refractivity contribution >= 4 is 17.5 Å². The molecule has 23 heavy (non-hydrogen) atoms. The van der Waals surface area contributed by atoms with Crippen molar-refractivity contribution in [2.75, 3.05) is 18.6 Å². The molecule has 1 aromatic rings. The lowest BCUT2D eigenvalue weighted by molar-refractivity contribution is -0.128. The smallest absolute Gasteiger partial charge is 0.238 e. The molecule has 2 heterocycles. The summed E-state index contributed by atoms with van der Waals surface area (Å²) in [4.78, 5) is 27.2. The van der Waals surface area contributed by atoms with Crippen molar-refractivity contribution < 1.29 is 19.1 Å². The molecule has 120 valence electrons. The van der Waals surface area contributed by atoms with Crippen molar-refractivity contribution in [3.63, 3.8) is 0 Å². The van der Waals surface area contributed by atoms with E-state index in [1.165, 1.54) is 4.90 Å². The van der Waals surface area contributed by atoms with Crippen LogP contribution in [0.1, 0.15) is 12.8 Å². The Morgan fingerprint density at radius 2 is 1.91 bits per heavy atom. The maximum absolute atomic E-state index is 13.0. The average Bonchev–Trinajstić information content (AvgIpc) is 2.86. The van der Waals surface area contributed by atoms with Crippen molar-refractivity contribution in [1.82, 2.24) is 0 Å². The number of nitrogens with zero attached hydrogens (tertiary/aromatic N) is 1. The first kappa shape index (κ1) is 14.5. The van der Waals surface area contributed by atoms with Crippen LogP contribution in [0, 0.1) is 17.8 Å². The van der Waals surface area contributed by atoms with Crippen molar-refractivity contribution in [2.45, 2.75) is 18.9 Å². The van der Waals surface area contributed by atoms with Crippen LogP contribution in [-0.4, -0.2) is 31.6 Å². The average molecular weight is 313 g/mol. The number of benzene rings is 1. The molecule has 3 aliphatic rings. The van der Waals surface area contributed by atoms with Gasteiger partial charge >= 0.3 is 0 Å². The molecule has 0 unspecified atom stereocenters. The van der Waals surface area contributed by atoms with Crippen LogP contribution < -0.4 is 4.90 Å². The Morgan fingerprint density at radius 1 is 1.13 bits per heavy atom. The van der Waals surface area contributed by atoms with E-state index in [1.807, 2.05) is 24.3 Å². The SMILES string of the molecule is CO[C@@H]1CCOC2=CC[C@@H]3C(=O)N(c4ccccc4)C(=O)[C@@H]3[C@@H]21. The summed E-state index contributed by atoms with van der Waals surface area (Å²) in [5, 5.41) is 0. The van der Waals surface area contributed by atoms with Gasteiger partial charge in [-0.3, -0.25) is 14.5 Å². The van der Waals surface area contributed by atoms with Gasteiger partial charge in [-0.05, 0) is 24.6 Å². The monoisotopic (exact) mass is 313 g/mol. The van der Waals surface area contributed by atoms with Crippen molar-refractivity contribution in [1.29, 1.82) is 0 Å². The van der Waals surface area contributed by atoms with Crippen LogP contribution in [0.5, 0.6) is 0 Å². The summed E-state index contributed by atoms with van der Waals surface area (Å²) < 4.78 is 11.3. The van der Waals surface area contributed by atoms with Gasteiger partial charge in [-0.1, -0.05) is 18.2 Å². The fourth-order valence-electron chi connectivity index (χ4n) is 4.09. The summed E-state index contributed by atoms with van der Waals surface area (Å²) in [5.74, 6) is -0.266. The molecule has 0 bridgehead atoms. The van der Waals surface area contributed by atoms with Crippen LogP contribution >= 0.6 is 0 Å². The zero-order valence-electron chi connectivity index (χ0n) is 13.0. The lowest BCUT2D eigenvalue weighted by Crippen LogP contribution is -2.43. The van der Waals surface area contributed by atoms with Gasteiger partial charge in [0.05, 0.1) is 41.9 Å². The van der Waals surface area contributed by atoms with E-state index >= 15 is 0 Å². The number of hydrogen-bond acceptors (Lipinski definition) is 4. The molecule has 2 aliphatic heterocycles. The highest BCUT2D eigenvalue weighted by molar-refractivity contribution is 6.22. The molecule has 4 rings (SSSR count). The Kier molecular flexibility index (Phi) is 3.45. The summed E-state index contributed by atoms with van der Waals surface area (Å²) in [5.41, 5.74) is 0.643. The first-order valence-corrected chi connectivity index (χ1v) is 8.01. The molecule has 2 saturated heterocycles. The number of rotatable bonds is 2. The number of carbonyl (C=O) groups excluding carboxylic acids is 2. The molecule has 2 amide bonds. The zero-order valence-corrected chi connectivity index (χ0v) is 13.0. The highest BCUT2D eigenvalue weighted by Crippen LogP contribution is 2.47. The van der Waals surface area contributed by atoms with Gasteiger partial charge < -0.3 is 9.47 Å². The van der Waals surface area contributed by atoms with Crippen LogP contribution in [0.4, 0.5) is 5.69 Å². The van der Waals surface area contributed by atoms with E-state index in [-0.39, 0.29) is 35.7 Å². The van der Waals surface area contributed by atoms with E-state index in [1.54, 1.807) is 19.2 Å². The number of carbonyl (C=O) groups is 2. The van der Waals surface area contributed by atoms with Gasteiger partial charge in [0.2, 0.25) is 11.8 Å². The topological polar surface area (TPSA) is 55.8 Å². The minimum Gasteiger partial charge on any atom is -0.498 e. The van der Waals surface area contributed by atoms with Gasteiger partial charge in [-0.2, -0.15) is 0 Å². The number of para-hydroxylation sites is 1. The number of fused-ring (bicyclic) bond motifs is 3. The normalized spacial score (nSPS) is 32.9. The first-order chi connectivity index (χ1) is 11.2. The minimum atomic E-state index is -0.382. The predicted molar refractivity (Wildman–Crippen MR) is 83.5 cm³/mol. The van der Waals surface area contributed by atoms with Gasteiger partial charge in [0.25, 0.3) is 0 Å². The van der Waals surface area contributed by atoms with Crippen molar-refractivity contribution in [3.05, 3.63) is 42.2 Å². The number of ether oxygens (including phenoxy) is 2. The molecule has 0 radical (unpaired) electrons. The molecule has 0 N–H and O–H groups in total. The molecule has 2 fully saturated rings. The number of amides is 2. The summed E-state index contributed by atoms with van der Waals surface area (Å²) in [7, 11) is 1.66. The van der Waals surface area contributed by atoms with Crippen LogP contribution in [0.3, 0.4) is 0 Å². The maximum Gasteiger partial charge on any atom is 0.238 e. The number of allylic oxidation sites excluding steroid dienone is 1. The largest absolute Gasteiger partial charge is 0.498 e. The molecule has 5 heteroatoms. The Labute approximate surface area is 134 Å². The molecule has 1 aromatic carbocycles. The van der Waals surface area contributed by atoms with Crippen molar-refractivity contribution in [2.24, 2.45) is 17.8 Å². The second-order valence-electron chi connectivity index (χ2n) is 6.26. The quantitative estimate of drug-likeness (QED) is 0.785. The lowest BCUT2D eigenvalue weighted by Gasteiger charge is -2.39. The Morgan fingerprint density at radius 3 is 2.65 bits per heavy atom. The molecule has 0 saturated carbocycles. The number of methoxy groups -OCH3 is 1. The molecule has 5 nitrogen and oxygen atoms in total. The van der Waals surface area contributed by atoms with Gasteiger partial charge in [-0.15, -0.1) is 0 Å². The molecule has 1 aliphatic carbocycles. The molecule has 0 aromatic heterocycles. The predicted octanol–water partition coefficient (Wildman–Crippen LogP) is 2.13. The van der Waals surface area contributed by atoms with Gasteiger partial charge in [0.15, 0.2) is 0 Å². The second-order valence-corrected chi connectivity index (χ2v) is 6.26. The van der Waals surface area contributed by atoms with Crippen LogP contribution in [0.15, 0.2) is 42.2 Å². The standard InChI is InChI=1S/C18H19NO4/c1-22-13-9-10-23-14-8-7-12-15(16(13)14)18(21)19(17(12)20)11-5-3-2-4-6-11/h2-6,8,12-13,15-16H,7,9-10H2,1H3/t12-,13+,15-,16+/m0/s1. The van der Waals surface area contributed by atoms with E-state index in [4.69, 9.17) is 9.47 Å². The summed E-state index contributed by atoms with van der Waals surface area (Å²) in [6.07, 6.45) is 3.20. The summed E-state index contributed by atoms with van der Waals surface area (Å²) >= 11 is 0.